The van der Waals surface area contributed by atoms with E-state index >= 15 is 0 Å². The van der Waals surface area contributed by atoms with E-state index in [9.17, 15) is 9.90 Å². The molecule has 0 radical (unpaired) electrons. The minimum absolute atomic E-state index is 0.433. The van der Waals surface area contributed by atoms with E-state index in [1.165, 1.54) is 19.3 Å². The van der Waals surface area contributed by atoms with Crippen LogP contribution in [0.1, 0.15) is 58.8 Å². The molecule has 0 amide bonds. The van der Waals surface area contributed by atoms with E-state index < -0.39 is 11.4 Å². The van der Waals surface area contributed by atoms with Gasteiger partial charge >= 0.3 is 5.97 Å². The van der Waals surface area contributed by atoms with Crippen molar-refractivity contribution in [2.45, 2.75) is 58.8 Å². The molecule has 18 heavy (non-hydrogen) atoms. The van der Waals surface area contributed by atoms with Crippen LogP contribution in [0.2, 0.25) is 0 Å². The second-order valence-corrected chi connectivity index (χ2v) is 6.46. The summed E-state index contributed by atoms with van der Waals surface area (Å²) in [6.45, 7) is 7.53. The first-order valence-corrected chi connectivity index (χ1v) is 7.52. The molecule has 3 nitrogen and oxygen atoms in total. The van der Waals surface area contributed by atoms with E-state index in [-0.39, 0.29) is 0 Å². The number of aliphatic carboxylic acids is 1. The van der Waals surface area contributed by atoms with Crippen LogP contribution in [-0.4, -0.2) is 35.6 Å². The highest BCUT2D eigenvalue weighted by Crippen LogP contribution is 2.43. The Hall–Kier alpha value is -0.570. The van der Waals surface area contributed by atoms with Crippen molar-refractivity contribution < 1.29 is 9.90 Å². The minimum Gasteiger partial charge on any atom is -0.481 e. The van der Waals surface area contributed by atoms with Gasteiger partial charge in [0.05, 0.1) is 5.41 Å². The summed E-state index contributed by atoms with van der Waals surface area (Å²) in [4.78, 5) is 14.0. The largest absolute Gasteiger partial charge is 0.481 e. The fourth-order valence-corrected chi connectivity index (χ4v) is 3.91. The molecule has 1 heterocycles. The van der Waals surface area contributed by atoms with E-state index in [1.54, 1.807) is 0 Å². The Bertz CT molecular complexity index is 304. The van der Waals surface area contributed by atoms with Gasteiger partial charge < -0.3 is 10.0 Å². The fourth-order valence-electron chi connectivity index (χ4n) is 3.91. The van der Waals surface area contributed by atoms with E-state index in [0.29, 0.717) is 5.41 Å². The average Bonchev–Trinajstić information content (AvgIpc) is 2.98. The van der Waals surface area contributed by atoms with Gasteiger partial charge in [-0.1, -0.05) is 26.7 Å². The molecule has 0 aromatic carbocycles. The van der Waals surface area contributed by atoms with Crippen molar-refractivity contribution in [3.05, 3.63) is 0 Å². The number of hydrogen-bond donors (Lipinski definition) is 1. The zero-order chi connectivity index (χ0) is 13.2. The summed E-state index contributed by atoms with van der Waals surface area (Å²) in [6.07, 6.45) is 7.63. The lowest BCUT2D eigenvalue weighted by Gasteiger charge is -2.31. The summed E-state index contributed by atoms with van der Waals surface area (Å²) in [5.41, 5.74) is 0.0237. The summed E-state index contributed by atoms with van der Waals surface area (Å²) < 4.78 is 0. The predicted octanol–water partition coefficient (Wildman–Crippen LogP) is 3.14. The molecule has 1 aliphatic heterocycles. The molecule has 1 N–H and O–H groups in total. The number of carbonyl (C=O) groups is 1. The predicted molar refractivity (Wildman–Crippen MR) is 72.6 cm³/mol. The molecule has 0 aromatic rings. The molecule has 2 fully saturated rings. The molecule has 2 rings (SSSR count). The molecule has 1 aliphatic carbocycles. The van der Waals surface area contributed by atoms with Crippen molar-refractivity contribution in [2.24, 2.45) is 10.8 Å². The highest BCUT2D eigenvalue weighted by Gasteiger charge is 2.45. The average molecular weight is 253 g/mol. The zero-order valence-corrected chi connectivity index (χ0v) is 11.9. The number of carboxylic acid groups (broad SMARTS) is 1. The molecule has 0 spiro atoms. The maximum atomic E-state index is 11.6. The van der Waals surface area contributed by atoms with E-state index in [2.05, 4.69) is 18.7 Å². The van der Waals surface area contributed by atoms with Gasteiger partial charge in [0.15, 0.2) is 0 Å². The third-order valence-electron chi connectivity index (χ3n) is 5.56. The summed E-state index contributed by atoms with van der Waals surface area (Å²) in [7, 11) is 0. The molecular weight excluding hydrogens is 226 g/mol. The smallest absolute Gasteiger partial charge is 0.310 e. The van der Waals surface area contributed by atoms with Crippen molar-refractivity contribution in [3.63, 3.8) is 0 Å². The lowest BCUT2D eigenvalue weighted by Crippen LogP contribution is -2.41. The Balaban J connectivity index is 2.00. The first-order chi connectivity index (χ1) is 8.56. The summed E-state index contributed by atoms with van der Waals surface area (Å²) in [5, 5.41) is 9.54. The normalized spacial score (nSPS) is 26.6. The van der Waals surface area contributed by atoms with Crippen molar-refractivity contribution in [1.82, 2.24) is 4.90 Å². The van der Waals surface area contributed by atoms with Crippen LogP contribution in [0.25, 0.3) is 0 Å². The quantitative estimate of drug-likeness (QED) is 0.818. The second-order valence-electron chi connectivity index (χ2n) is 6.46. The molecule has 104 valence electrons. The van der Waals surface area contributed by atoms with Gasteiger partial charge in [-0.15, -0.1) is 0 Å². The molecule has 0 unspecified atom stereocenters. The second kappa shape index (κ2) is 5.20. The van der Waals surface area contributed by atoms with Crippen LogP contribution >= 0.6 is 0 Å². The first kappa shape index (κ1) is 13.9. The van der Waals surface area contributed by atoms with Crippen LogP contribution in [0, 0.1) is 10.8 Å². The highest BCUT2D eigenvalue weighted by molar-refractivity contribution is 5.75. The van der Waals surface area contributed by atoms with Crippen molar-refractivity contribution >= 4 is 5.97 Å². The maximum Gasteiger partial charge on any atom is 0.310 e. The van der Waals surface area contributed by atoms with Gasteiger partial charge in [0.25, 0.3) is 0 Å². The Kier molecular flexibility index (Phi) is 4.00. The molecular formula is C15H27NO2. The van der Waals surface area contributed by atoms with E-state index in [4.69, 9.17) is 0 Å². The Morgan fingerprint density at radius 2 is 1.78 bits per heavy atom. The minimum atomic E-state index is -0.564. The van der Waals surface area contributed by atoms with Gasteiger partial charge in [0, 0.05) is 13.1 Å². The third kappa shape index (κ3) is 2.42. The number of hydrogen-bond acceptors (Lipinski definition) is 2. The fraction of sp³-hybridized carbons (Fsp3) is 0.933. The zero-order valence-electron chi connectivity index (χ0n) is 11.9. The Morgan fingerprint density at radius 1 is 1.17 bits per heavy atom. The van der Waals surface area contributed by atoms with Gasteiger partial charge in [-0.2, -0.15) is 0 Å². The van der Waals surface area contributed by atoms with Crippen LogP contribution in [0.5, 0.6) is 0 Å². The van der Waals surface area contributed by atoms with Crippen molar-refractivity contribution in [2.75, 3.05) is 19.6 Å². The standard InChI is InChI=1S/C15H27NO2/c1-3-14(4-2)9-10-16(11-14)12-15(13(17)18)7-5-6-8-15/h3-12H2,1-2H3,(H,17,18). The topological polar surface area (TPSA) is 40.5 Å². The molecule has 3 heteroatoms. The van der Waals surface area contributed by atoms with Gasteiger partial charge in [0.2, 0.25) is 0 Å². The third-order valence-corrected chi connectivity index (χ3v) is 5.56. The Morgan fingerprint density at radius 3 is 2.22 bits per heavy atom. The lowest BCUT2D eigenvalue weighted by atomic mass is 9.81. The van der Waals surface area contributed by atoms with Crippen LogP contribution < -0.4 is 0 Å². The summed E-state index contributed by atoms with van der Waals surface area (Å²) >= 11 is 0. The van der Waals surface area contributed by atoms with Crippen LogP contribution in [-0.2, 0) is 4.79 Å². The molecule has 1 saturated heterocycles. The van der Waals surface area contributed by atoms with Crippen LogP contribution in [0.3, 0.4) is 0 Å². The molecule has 0 atom stereocenters. The Labute approximate surface area is 111 Å². The van der Waals surface area contributed by atoms with Crippen molar-refractivity contribution in [3.8, 4) is 0 Å². The lowest BCUT2D eigenvalue weighted by molar-refractivity contribution is -0.149. The van der Waals surface area contributed by atoms with Gasteiger partial charge in [-0.25, -0.2) is 0 Å². The number of rotatable bonds is 5. The van der Waals surface area contributed by atoms with E-state index in [1.807, 2.05) is 0 Å². The van der Waals surface area contributed by atoms with Gasteiger partial charge in [0.1, 0.15) is 0 Å². The highest BCUT2D eigenvalue weighted by atomic mass is 16.4. The van der Waals surface area contributed by atoms with Gasteiger partial charge in [-0.05, 0) is 44.1 Å². The van der Waals surface area contributed by atoms with E-state index in [0.717, 1.165) is 45.3 Å². The number of likely N-dealkylation sites (tertiary alicyclic amines) is 1. The first-order valence-electron chi connectivity index (χ1n) is 7.52. The molecule has 1 saturated carbocycles. The number of nitrogens with zero attached hydrogens (tertiary/aromatic N) is 1. The maximum absolute atomic E-state index is 11.6. The SMILES string of the molecule is CCC1(CC)CCN(CC2(C(=O)O)CCCC2)C1. The summed E-state index contributed by atoms with van der Waals surface area (Å²) in [6, 6.07) is 0. The van der Waals surface area contributed by atoms with Gasteiger partial charge in [-0.3, -0.25) is 4.79 Å². The van der Waals surface area contributed by atoms with Crippen LogP contribution in [0.4, 0.5) is 0 Å². The summed E-state index contributed by atoms with van der Waals surface area (Å²) in [5.74, 6) is -0.564. The monoisotopic (exact) mass is 253 g/mol. The molecule has 0 bridgehead atoms. The van der Waals surface area contributed by atoms with Crippen LogP contribution in [0.15, 0.2) is 0 Å². The molecule has 2 aliphatic rings. The van der Waals surface area contributed by atoms with Crippen molar-refractivity contribution in [1.29, 1.82) is 0 Å². The number of carboxylic acids is 1. The molecule has 0 aromatic heterocycles.